The topological polar surface area (TPSA) is 169 Å². The molecule has 1 saturated carbocycles. The summed E-state index contributed by atoms with van der Waals surface area (Å²) in [7, 11) is -3.96. The number of rotatable bonds is 9. The number of aliphatic hydroxyl groups is 1. The van der Waals surface area contributed by atoms with Gasteiger partial charge in [-0.15, -0.1) is 0 Å². The van der Waals surface area contributed by atoms with Crippen molar-refractivity contribution < 1.29 is 23.1 Å². The summed E-state index contributed by atoms with van der Waals surface area (Å²) in [6.07, 6.45) is 1.94. The quantitative estimate of drug-likeness (QED) is 0.190. The molecule has 10 nitrogen and oxygen atoms in total. The molecule has 1 fully saturated rings. The van der Waals surface area contributed by atoms with E-state index < -0.39 is 33.7 Å². The number of hydrogen-bond acceptors (Lipinski definition) is 7. The number of benzene rings is 1. The van der Waals surface area contributed by atoms with E-state index in [1.54, 1.807) is 13.8 Å². The Kier molecular flexibility index (Phi) is 7.49. The Balaban J connectivity index is 1.62. The van der Waals surface area contributed by atoms with E-state index >= 15 is 0 Å². The molecule has 34 heavy (non-hydrogen) atoms. The van der Waals surface area contributed by atoms with Crippen molar-refractivity contribution in [3.05, 3.63) is 22.3 Å². The number of nitrogens with zero attached hydrogens (tertiary/aromatic N) is 1. The molecular formula is C23H37N5O5S. The van der Waals surface area contributed by atoms with Crippen LogP contribution in [0.5, 0.6) is 5.75 Å². The Morgan fingerprint density at radius 3 is 2.50 bits per heavy atom. The molecule has 7 N–H and O–H groups in total. The standard InChI is InChI=1S/C23H37N5O5S/c1-12-13(2)20(14(3)16-11-23(4,5)33-19(12)16)34(31,32)28-22(25)26-10-6-7-17(24)18(29)21(30)27-15-8-9-15/h15,17-18,29H,6-11,24H2,1-5H3,(H,27,30)(H3,25,26,28)/t17-,18?/m0/s1. The number of nitrogens with two attached hydrogens (primary N) is 2. The van der Waals surface area contributed by atoms with Crippen molar-refractivity contribution in [2.24, 2.45) is 16.5 Å². The Hall–Kier alpha value is -2.37. The van der Waals surface area contributed by atoms with Crippen molar-refractivity contribution in [3.63, 3.8) is 0 Å². The number of nitrogens with one attached hydrogen (secondary N) is 2. The maximum Gasteiger partial charge on any atom is 0.264 e. The van der Waals surface area contributed by atoms with Crippen LogP contribution in [0.15, 0.2) is 9.89 Å². The van der Waals surface area contributed by atoms with Crippen LogP contribution in [0.4, 0.5) is 0 Å². The normalized spacial score (nSPS) is 19.2. The van der Waals surface area contributed by atoms with Crippen LogP contribution in [0.2, 0.25) is 0 Å². The second kappa shape index (κ2) is 9.71. The molecule has 0 spiro atoms. The van der Waals surface area contributed by atoms with Gasteiger partial charge in [0.15, 0.2) is 0 Å². The van der Waals surface area contributed by atoms with Crippen LogP contribution in [-0.2, 0) is 21.2 Å². The van der Waals surface area contributed by atoms with E-state index in [0.717, 1.165) is 29.7 Å². The first kappa shape index (κ1) is 26.2. The first-order chi connectivity index (χ1) is 15.7. The van der Waals surface area contributed by atoms with Crippen molar-refractivity contribution in [3.8, 4) is 5.75 Å². The number of aliphatic hydroxyl groups excluding tert-OH is 1. The van der Waals surface area contributed by atoms with Crippen molar-refractivity contribution in [1.29, 1.82) is 0 Å². The van der Waals surface area contributed by atoms with Crippen LogP contribution < -0.4 is 26.2 Å². The molecular weight excluding hydrogens is 458 g/mol. The Labute approximate surface area is 201 Å². The molecule has 1 aromatic carbocycles. The molecule has 2 aliphatic rings. The van der Waals surface area contributed by atoms with Gasteiger partial charge >= 0.3 is 0 Å². The fraction of sp³-hybridized carbons (Fsp3) is 0.652. The molecule has 11 heteroatoms. The minimum absolute atomic E-state index is 0.146. The lowest BCUT2D eigenvalue weighted by molar-refractivity contribution is -0.130. The zero-order valence-corrected chi connectivity index (χ0v) is 21.4. The second-order valence-electron chi connectivity index (χ2n) is 9.96. The summed E-state index contributed by atoms with van der Waals surface area (Å²) in [6.45, 7) is 9.54. The van der Waals surface area contributed by atoms with Crippen LogP contribution in [0.3, 0.4) is 0 Å². The molecule has 2 atom stereocenters. The van der Waals surface area contributed by atoms with Crippen LogP contribution in [0.1, 0.15) is 61.8 Å². The largest absolute Gasteiger partial charge is 0.487 e. The van der Waals surface area contributed by atoms with Crippen molar-refractivity contribution >= 4 is 21.9 Å². The van der Waals surface area contributed by atoms with E-state index in [4.69, 9.17) is 16.2 Å². The molecule has 0 bridgehead atoms. The van der Waals surface area contributed by atoms with Gasteiger partial charge in [-0.3, -0.25) is 9.79 Å². The van der Waals surface area contributed by atoms with Gasteiger partial charge in [-0.05, 0) is 77.0 Å². The molecule has 1 aromatic rings. The first-order valence-electron chi connectivity index (χ1n) is 11.6. The van der Waals surface area contributed by atoms with Gasteiger partial charge in [-0.1, -0.05) is 0 Å². The molecule has 1 aliphatic heterocycles. The zero-order chi connectivity index (χ0) is 25.4. The van der Waals surface area contributed by atoms with Gasteiger partial charge in [0, 0.05) is 30.6 Å². The Morgan fingerprint density at radius 2 is 1.88 bits per heavy atom. The van der Waals surface area contributed by atoms with Crippen molar-refractivity contribution in [2.75, 3.05) is 6.54 Å². The highest BCUT2D eigenvalue weighted by molar-refractivity contribution is 7.90. The third-order valence-corrected chi connectivity index (χ3v) is 8.00. The first-order valence-corrected chi connectivity index (χ1v) is 13.1. The molecule has 1 amide bonds. The summed E-state index contributed by atoms with van der Waals surface area (Å²) in [5.41, 5.74) is 14.3. The van der Waals surface area contributed by atoms with Gasteiger partial charge < -0.3 is 26.6 Å². The number of amides is 1. The highest BCUT2D eigenvalue weighted by Gasteiger charge is 2.36. The fourth-order valence-electron chi connectivity index (χ4n) is 4.26. The van der Waals surface area contributed by atoms with Gasteiger partial charge in [-0.25, -0.2) is 13.1 Å². The van der Waals surface area contributed by atoms with Gasteiger partial charge in [0.1, 0.15) is 17.5 Å². The zero-order valence-electron chi connectivity index (χ0n) is 20.6. The SMILES string of the molecule is Cc1c(C)c(S(=O)(=O)NC(N)=NCCC[C@H](N)C(O)C(=O)NC2CC2)c(C)c2c1OC(C)(C)C2. The summed E-state index contributed by atoms with van der Waals surface area (Å²) in [4.78, 5) is 16.2. The van der Waals surface area contributed by atoms with Crippen LogP contribution in [0, 0.1) is 20.8 Å². The van der Waals surface area contributed by atoms with Crippen LogP contribution in [0.25, 0.3) is 0 Å². The maximum atomic E-state index is 13.2. The number of aliphatic imine (C=N–C) groups is 1. The number of ether oxygens (including phenoxy) is 1. The molecule has 0 aromatic heterocycles. The molecule has 190 valence electrons. The highest BCUT2D eigenvalue weighted by Crippen LogP contribution is 2.43. The molecule has 0 radical (unpaired) electrons. The van der Waals surface area contributed by atoms with E-state index in [9.17, 15) is 18.3 Å². The Morgan fingerprint density at radius 1 is 1.24 bits per heavy atom. The number of hydrogen-bond donors (Lipinski definition) is 5. The molecule has 1 aliphatic carbocycles. The third-order valence-electron chi connectivity index (χ3n) is 6.38. The van der Waals surface area contributed by atoms with Gasteiger partial charge in [0.05, 0.1) is 4.90 Å². The summed E-state index contributed by atoms with van der Waals surface area (Å²) in [6, 6.07) is -0.592. The van der Waals surface area contributed by atoms with Crippen molar-refractivity contribution in [2.45, 2.75) is 95.4 Å². The summed E-state index contributed by atoms with van der Waals surface area (Å²) < 4.78 is 34.8. The summed E-state index contributed by atoms with van der Waals surface area (Å²) in [5, 5.41) is 12.7. The number of sulfonamides is 1. The summed E-state index contributed by atoms with van der Waals surface area (Å²) >= 11 is 0. The average Bonchev–Trinajstić information content (AvgIpc) is 3.48. The number of carbonyl (C=O) groups is 1. The van der Waals surface area contributed by atoms with E-state index in [1.807, 2.05) is 20.8 Å². The number of fused-ring (bicyclic) bond motifs is 1. The lowest BCUT2D eigenvalue weighted by atomic mass is 9.94. The van der Waals surface area contributed by atoms with E-state index in [2.05, 4.69) is 15.0 Å². The monoisotopic (exact) mass is 495 g/mol. The molecule has 3 rings (SSSR count). The third kappa shape index (κ3) is 5.81. The van der Waals surface area contributed by atoms with Gasteiger partial charge in [-0.2, -0.15) is 0 Å². The lowest BCUT2D eigenvalue weighted by Gasteiger charge is -2.19. The maximum absolute atomic E-state index is 13.2. The van der Waals surface area contributed by atoms with E-state index in [-0.39, 0.29) is 23.4 Å². The van der Waals surface area contributed by atoms with Crippen molar-refractivity contribution in [1.82, 2.24) is 10.0 Å². The Bertz CT molecular complexity index is 1100. The second-order valence-corrected chi connectivity index (χ2v) is 11.6. The number of carbonyl (C=O) groups excluding carboxylic acids is 1. The van der Waals surface area contributed by atoms with E-state index in [0.29, 0.717) is 30.4 Å². The predicted molar refractivity (Wildman–Crippen MR) is 130 cm³/mol. The minimum atomic E-state index is -3.96. The highest BCUT2D eigenvalue weighted by atomic mass is 32.2. The van der Waals surface area contributed by atoms with E-state index in [1.165, 1.54) is 0 Å². The van der Waals surface area contributed by atoms with Gasteiger partial charge in [0.25, 0.3) is 15.9 Å². The number of guanidine groups is 1. The molecule has 1 unspecified atom stereocenters. The van der Waals surface area contributed by atoms with Crippen LogP contribution in [-0.4, -0.2) is 55.7 Å². The molecule has 1 heterocycles. The minimum Gasteiger partial charge on any atom is -0.487 e. The summed E-state index contributed by atoms with van der Waals surface area (Å²) in [5.74, 6) is 0.0639. The smallest absolute Gasteiger partial charge is 0.264 e. The predicted octanol–water partition coefficient (Wildman–Crippen LogP) is 0.665. The lowest BCUT2D eigenvalue weighted by Crippen LogP contribution is -2.47. The van der Waals surface area contributed by atoms with Gasteiger partial charge in [0.2, 0.25) is 5.96 Å². The average molecular weight is 496 g/mol. The fourth-order valence-corrected chi connectivity index (χ4v) is 5.79. The molecule has 0 saturated heterocycles. The van der Waals surface area contributed by atoms with Crippen LogP contribution >= 0.6 is 0 Å².